The van der Waals surface area contributed by atoms with E-state index >= 15 is 0 Å². The minimum absolute atomic E-state index is 0.0843. The van der Waals surface area contributed by atoms with Gasteiger partial charge in [0.05, 0.1) is 6.61 Å². The zero-order valence-electron chi connectivity index (χ0n) is 30.7. The SMILES string of the molecule is CC/C=C/C/C=C/C/C=C/C/C=C/C/C=C/C/C=C/CCC(=O)OCC(COP(=O)(O)O)OC(=O)CC/C=C/C/C=C/CCCCCCCC. The lowest BCUT2D eigenvalue weighted by molar-refractivity contribution is -0.161. The zero-order chi connectivity index (χ0) is 36.8. The Hall–Kier alpha value is -3.03. The molecule has 2 N–H and O–H groups in total. The van der Waals surface area contributed by atoms with Crippen molar-refractivity contribution in [3.8, 4) is 0 Å². The van der Waals surface area contributed by atoms with E-state index in [1.165, 1.54) is 38.5 Å². The van der Waals surface area contributed by atoms with Crippen LogP contribution in [0.4, 0.5) is 0 Å². The number of phosphoric ester groups is 1. The number of esters is 2. The highest BCUT2D eigenvalue weighted by Crippen LogP contribution is 2.35. The predicted molar refractivity (Wildman–Crippen MR) is 206 cm³/mol. The first-order valence-electron chi connectivity index (χ1n) is 18.5. The minimum atomic E-state index is -4.79. The normalized spacial score (nSPS) is 13.6. The maximum atomic E-state index is 12.3. The summed E-state index contributed by atoms with van der Waals surface area (Å²) in [6.07, 6.45) is 48.7. The van der Waals surface area contributed by atoms with Crippen LogP contribution >= 0.6 is 7.82 Å². The Balaban J connectivity index is 4.20. The number of phosphoric acid groups is 1. The third-order valence-corrected chi connectivity index (χ3v) is 7.60. The summed E-state index contributed by atoms with van der Waals surface area (Å²) in [6.45, 7) is 3.41. The molecule has 0 spiro atoms. The van der Waals surface area contributed by atoms with E-state index < -0.39 is 32.5 Å². The molecule has 1 atom stereocenters. The molecule has 0 radical (unpaired) electrons. The van der Waals surface area contributed by atoms with Crippen LogP contribution in [0.2, 0.25) is 0 Å². The van der Waals surface area contributed by atoms with Crippen molar-refractivity contribution in [2.24, 2.45) is 0 Å². The molecule has 282 valence electrons. The van der Waals surface area contributed by atoms with Crippen molar-refractivity contribution in [3.63, 3.8) is 0 Å². The molecular weight excluding hydrogens is 651 g/mol. The molecule has 9 heteroatoms. The average molecular weight is 717 g/mol. The molecule has 1 unspecified atom stereocenters. The topological polar surface area (TPSA) is 119 Å². The fraction of sp³-hybridized carbons (Fsp3) is 0.561. The van der Waals surface area contributed by atoms with Gasteiger partial charge >= 0.3 is 19.8 Å². The predicted octanol–water partition coefficient (Wildman–Crippen LogP) is 11.1. The lowest BCUT2D eigenvalue weighted by atomic mass is 10.1. The first kappa shape index (κ1) is 47.0. The van der Waals surface area contributed by atoms with Gasteiger partial charge in [0.2, 0.25) is 0 Å². The number of allylic oxidation sites excluding steroid dienone is 16. The number of unbranched alkanes of at least 4 members (excludes halogenated alkanes) is 6. The summed E-state index contributed by atoms with van der Waals surface area (Å²) in [4.78, 5) is 42.6. The lowest BCUT2D eigenvalue weighted by Gasteiger charge is -2.18. The van der Waals surface area contributed by atoms with E-state index in [1.807, 2.05) is 24.3 Å². The van der Waals surface area contributed by atoms with Gasteiger partial charge in [-0.05, 0) is 70.6 Å². The molecule has 0 aliphatic heterocycles. The summed E-state index contributed by atoms with van der Waals surface area (Å²) >= 11 is 0. The summed E-state index contributed by atoms with van der Waals surface area (Å²) in [7, 11) is -4.79. The van der Waals surface area contributed by atoms with Crippen molar-refractivity contribution in [2.75, 3.05) is 13.2 Å². The highest BCUT2D eigenvalue weighted by molar-refractivity contribution is 7.46. The van der Waals surface area contributed by atoms with Crippen LogP contribution in [-0.2, 0) is 28.2 Å². The summed E-state index contributed by atoms with van der Waals surface area (Å²) in [5.74, 6) is -1.07. The Morgan fingerprint density at radius 1 is 0.540 bits per heavy atom. The molecule has 0 rings (SSSR count). The molecule has 0 aromatic carbocycles. The average Bonchev–Trinajstić information content (AvgIpc) is 3.08. The summed E-state index contributed by atoms with van der Waals surface area (Å²) in [5.41, 5.74) is 0. The monoisotopic (exact) mass is 716 g/mol. The Morgan fingerprint density at radius 2 is 0.960 bits per heavy atom. The van der Waals surface area contributed by atoms with Gasteiger partial charge in [0, 0.05) is 12.8 Å². The van der Waals surface area contributed by atoms with E-state index in [2.05, 4.69) is 91.3 Å². The first-order chi connectivity index (χ1) is 24.3. The molecule has 0 amide bonds. The van der Waals surface area contributed by atoms with Crippen LogP contribution in [0.3, 0.4) is 0 Å². The standard InChI is InChI=1S/C41H65O8P/c1-3-5-7-9-11-13-15-17-18-19-20-21-22-24-25-27-29-31-33-35-40(42)47-37-39(38-48-50(44,45)46)49-41(43)36-34-32-30-28-26-23-16-14-12-10-8-6-4-2/h5,7,11,13,17-18,20-21,23-26,29-32,39H,3-4,6,8-10,12,14-16,19,22,27-28,33-38H2,1-2H3,(H2,44,45,46)/b7-5+,13-11+,18-17+,21-20+,25-24+,26-23+,31-29+,32-30+. The van der Waals surface area contributed by atoms with Crippen molar-refractivity contribution >= 4 is 19.8 Å². The number of hydrogen-bond donors (Lipinski definition) is 2. The van der Waals surface area contributed by atoms with Gasteiger partial charge in [0.25, 0.3) is 0 Å². The van der Waals surface area contributed by atoms with Gasteiger partial charge in [-0.1, -0.05) is 143 Å². The molecule has 0 aromatic rings. The van der Waals surface area contributed by atoms with Gasteiger partial charge in [-0.2, -0.15) is 0 Å². The summed E-state index contributed by atoms with van der Waals surface area (Å²) in [6, 6.07) is 0. The molecule has 0 bridgehead atoms. The Morgan fingerprint density at radius 3 is 1.44 bits per heavy atom. The molecule has 0 saturated heterocycles. The van der Waals surface area contributed by atoms with E-state index in [9.17, 15) is 14.2 Å². The Bertz CT molecular complexity index is 1120. The lowest BCUT2D eigenvalue weighted by Crippen LogP contribution is -2.29. The molecule has 0 aliphatic rings. The maximum Gasteiger partial charge on any atom is 0.469 e. The summed E-state index contributed by atoms with van der Waals surface area (Å²) < 4.78 is 26.1. The number of hydrogen-bond acceptors (Lipinski definition) is 6. The van der Waals surface area contributed by atoms with E-state index in [0.29, 0.717) is 12.8 Å². The second-order valence-corrected chi connectivity index (χ2v) is 13.0. The maximum absolute atomic E-state index is 12.3. The van der Waals surface area contributed by atoms with Crippen LogP contribution < -0.4 is 0 Å². The number of carbonyl (C=O) groups is 2. The van der Waals surface area contributed by atoms with Crippen molar-refractivity contribution in [1.82, 2.24) is 0 Å². The van der Waals surface area contributed by atoms with Crippen molar-refractivity contribution < 1.29 is 37.9 Å². The van der Waals surface area contributed by atoms with Crippen molar-refractivity contribution in [1.29, 1.82) is 0 Å². The van der Waals surface area contributed by atoms with E-state index in [0.717, 1.165) is 51.4 Å². The van der Waals surface area contributed by atoms with Gasteiger partial charge in [0.15, 0.2) is 6.10 Å². The third kappa shape index (κ3) is 37.8. The van der Waals surface area contributed by atoms with E-state index in [4.69, 9.17) is 19.3 Å². The zero-order valence-corrected chi connectivity index (χ0v) is 31.6. The fourth-order valence-electron chi connectivity index (χ4n) is 4.39. The Kier molecular flexibility index (Phi) is 33.6. The second-order valence-electron chi connectivity index (χ2n) is 11.8. The third-order valence-electron chi connectivity index (χ3n) is 7.11. The van der Waals surface area contributed by atoms with Gasteiger partial charge in [-0.15, -0.1) is 0 Å². The first-order valence-corrected chi connectivity index (χ1v) is 20.1. The van der Waals surface area contributed by atoms with Gasteiger partial charge < -0.3 is 19.3 Å². The molecule has 8 nitrogen and oxygen atoms in total. The molecule has 0 aliphatic carbocycles. The van der Waals surface area contributed by atoms with Crippen LogP contribution in [0.25, 0.3) is 0 Å². The quantitative estimate of drug-likeness (QED) is 0.0305. The van der Waals surface area contributed by atoms with Gasteiger partial charge in [-0.25, -0.2) is 4.57 Å². The second kappa shape index (κ2) is 35.8. The van der Waals surface area contributed by atoms with E-state index in [-0.39, 0.29) is 19.4 Å². The molecule has 50 heavy (non-hydrogen) atoms. The van der Waals surface area contributed by atoms with Crippen molar-refractivity contribution in [3.05, 3.63) is 97.2 Å². The molecule has 0 fully saturated rings. The highest BCUT2D eigenvalue weighted by atomic mass is 31.2. The smallest absolute Gasteiger partial charge is 0.462 e. The van der Waals surface area contributed by atoms with Crippen LogP contribution in [0, 0.1) is 0 Å². The largest absolute Gasteiger partial charge is 0.469 e. The fourth-order valence-corrected chi connectivity index (χ4v) is 4.75. The molecule has 0 aromatic heterocycles. The van der Waals surface area contributed by atoms with Gasteiger partial charge in [-0.3, -0.25) is 14.1 Å². The summed E-state index contributed by atoms with van der Waals surface area (Å²) in [5, 5.41) is 0. The number of rotatable bonds is 32. The van der Waals surface area contributed by atoms with Crippen LogP contribution in [0.5, 0.6) is 0 Å². The molecule has 0 saturated carbocycles. The van der Waals surface area contributed by atoms with Crippen LogP contribution in [0.15, 0.2) is 97.2 Å². The van der Waals surface area contributed by atoms with E-state index in [1.54, 1.807) is 0 Å². The molecule has 0 heterocycles. The Labute approximate surface area is 303 Å². The minimum Gasteiger partial charge on any atom is -0.462 e. The van der Waals surface area contributed by atoms with Gasteiger partial charge in [0.1, 0.15) is 6.61 Å². The number of ether oxygens (including phenoxy) is 2. The van der Waals surface area contributed by atoms with Crippen molar-refractivity contribution in [2.45, 2.75) is 136 Å². The van der Waals surface area contributed by atoms with Crippen LogP contribution in [0.1, 0.15) is 129 Å². The van der Waals surface area contributed by atoms with Crippen LogP contribution in [-0.4, -0.2) is 41.0 Å². The molecular formula is C41H65O8P. The number of carbonyl (C=O) groups excluding carboxylic acids is 2. The highest BCUT2D eigenvalue weighted by Gasteiger charge is 2.22.